The smallest absolute Gasteiger partial charge is 0.294 e. The van der Waals surface area contributed by atoms with Crippen molar-refractivity contribution < 1.29 is 28.2 Å². The van der Waals surface area contributed by atoms with E-state index in [1.165, 1.54) is 24.3 Å². The van der Waals surface area contributed by atoms with E-state index < -0.39 is 29.4 Å². The highest BCUT2D eigenvalue weighted by Crippen LogP contribution is 2.39. The van der Waals surface area contributed by atoms with Crippen molar-refractivity contribution in [3.05, 3.63) is 92.6 Å². The SMILES string of the molecule is CCOc1cc(/C=C2/SC(=O)N(CC(=O)Nc3cccc(F)c3)C2=O)cc(Cl)c1OCc1ccccc1Cl. The van der Waals surface area contributed by atoms with Gasteiger partial charge in [0.15, 0.2) is 11.5 Å². The van der Waals surface area contributed by atoms with E-state index in [2.05, 4.69) is 5.32 Å². The Bertz CT molecular complexity index is 1430. The Morgan fingerprint density at radius 2 is 1.84 bits per heavy atom. The monoisotopic (exact) mass is 574 g/mol. The third-order valence-corrected chi connectivity index (χ3v) is 6.80. The molecule has 4 rings (SSSR count). The minimum Gasteiger partial charge on any atom is -0.490 e. The van der Waals surface area contributed by atoms with Crippen LogP contribution in [0, 0.1) is 5.82 Å². The summed E-state index contributed by atoms with van der Waals surface area (Å²) >= 11 is 13.4. The summed E-state index contributed by atoms with van der Waals surface area (Å²) in [5.41, 5.74) is 1.48. The van der Waals surface area contributed by atoms with Crippen LogP contribution in [0.3, 0.4) is 0 Å². The van der Waals surface area contributed by atoms with Crippen LogP contribution in [-0.4, -0.2) is 35.1 Å². The zero-order valence-electron chi connectivity index (χ0n) is 20.0. The lowest BCUT2D eigenvalue weighted by molar-refractivity contribution is -0.127. The largest absolute Gasteiger partial charge is 0.490 e. The van der Waals surface area contributed by atoms with E-state index in [1.807, 2.05) is 18.2 Å². The number of thioether (sulfide) groups is 1. The molecule has 3 aromatic carbocycles. The number of nitrogens with one attached hydrogen (secondary N) is 1. The third kappa shape index (κ3) is 6.66. The Morgan fingerprint density at radius 1 is 1.05 bits per heavy atom. The van der Waals surface area contributed by atoms with Gasteiger partial charge in [-0.25, -0.2) is 4.39 Å². The number of anilines is 1. The molecule has 0 unspecified atom stereocenters. The molecular formula is C27H21Cl2FN2O5S. The summed E-state index contributed by atoms with van der Waals surface area (Å²) in [6.45, 7) is 1.78. The van der Waals surface area contributed by atoms with Crippen molar-refractivity contribution in [2.45, 2.75) is 13.5 Å². The van der Waals surface area contributed by atoms with Crippen molar-refractivity contribution in [1.82, 2.24) is 4.90 Å². The van der Waals surface area contributed by atoms with Crippen LogP contribution < -0.4 is 14.8 Å². The van der Waals surface area contributed by atoms with E-state index in [1.54, 1.807) is 25.1 Å². The van der Waals surface area contributed by atoms with Gasteiger partial charge < -0.3 is 14.8 Å². The second-order valence-electron chi connectivity index (χ2n) is 7.97. The molecule has 7 nitrogen and oxygen atoms in total. The van der Waals surface area contributed by atoms with Gasteiger partial charge in [-0.1, -0.05) is 47.5 Å². The summed E-state index contributed by atoms with van der Waals surface area (Å²) < 4.78 is 25.0. The van der Waals surface area contributed by atoms with Crippen molar-refractivity contribution in [2.24, 2.45) is 0 Å². The van der Waals surface area contributed by atoms with Gasteiger partial charge in [0.2, 0.25) is 5.91 Å². The molecule has 1 aliphatic heterocycles. The van der Waals surface area contributed by atoms with Crippen molar-refractivity contribution in [1.29, 1.82) is 0 Å². The zero-order chi connectivity index (χ0) is 27.2. The summed E-state index contributed by atoms with van der Waals surface area (Å²) in [4.78, 5) is 38.6. The first kappa shape index (κ1) is 27.5. The van der Waals surface area contributed by atoms with Crippen LogP contribution in [0.25, 0.3) is 6.08 Å². The van der Waals surface area contributed by atoms with Crippen molar-refractivity contribution >= 4 is 63.8 Å². The first-order valence-electron chi connectivity index (χ1n) is 11.4. The predicted octanol–water partition coefficient (Wildman–Crippen LogP) is 6.79. The number of hydrogen-bond donors (Lipinski definition) is 1. The normalized spacial score (nSPS) is 14.2. The summed E-state index contributed by atoms with van der Waals surface area (Å²) in [6, 6.07) is 15.8. The topological polar surface area (TPSA) is 84.9 Å². The summed E-state index contributed by atoms with van der Waals surface area (Å²) in [7, 11) is 0. The molecule has 1 aliphatic rings. The Hall–Kier alpha value is -3.53. The molecule has 0 bridgehead atoms. The van der Waals surface area contributed by atoms with Gasteiger partial charge in [-0.3, -0.25) is 19.3 Å². The van der Waals surface area contributed by atoms with Gasteiger partial charge in [0.05, 0.1) is 16.5 Å². The second kappa shape index (κ2) is 12.3. The highest BCUT2D eigenvalue weighted by atomic mass is 35.5. The predicted molar refractivity (Wildman–Crippen MR) is 146 cm³/mol. The lowest BCUT2D eigenvalue weighted by Crippen LogP contribution is -2.36. The van der Waals surface area contributed by atoms with Crippen LogP contribution in [0.2, 0.25) is 10.0 Å². The second-order valence-corrected chi connectivity index (χ2v) is 9.78. The molecule has 0 aromatic heterocycles. The van der Waals surface area contributed by atoms with Crippen molar-refractivity contribution in [3.63, 3.8) is 0 Å². The number of nitrogens with zero attached hydrogens (tertiary/aromatic N) is 1. The lowest BCUT2D eigenvalue weighted by Gasteiger charge is -2.15. The van der Waals surface area contributed by atoms with Gasteiger partial charge >= 0.3 is 0 Å². The van der Waals surface area contributed by atoms with Crippen molar-refractivity contribution in [2.75, 3.05) is 18.5 Å². The van der Waals surface area contributed by atoms with Crippen molar-refractivity contribution in [3.8, 4) is 11.5 Å². The van der Waals surface area contributed by atoms with Gasteiger partial charge in [0.1, 0.15) is 19.0 Å². The van der Waals surface area contributed by atoms with Crippen LogP contribution in [0.1, 0.15) is 18.1 Å². The molecule has 1 N–H and O–H groups in total. The molecule has 11 heteroatoms. The Kier molecular flexibility index (Phi) is 8.93. The van der Waals surface area contributed by atoms with Gasteiger partial charge in [0, 0.05) is 16.3 Å². The van der Waals surface area contributed by atoms with Crippen LogP contribution in [-0.2, 0) is 16.2 Å². The van der Waals surface area contributed by atoms with Crippen LogP contribution >= 0.6 is 35.0 Å². The van der Waals surface area contributed by atoms with Crippen LogP contribution in [0.15, 0.2) is 65.6 Å². The number of rotatable bonds is 9. The number of ether oxygens (including phenoxy) is 2. The first-order chi connectivity index (χ1) is 18.2. The number of halogens is 3. The number of carbonyl (C=O) groups excluding carboxylic acids is 3. The molecule has 0 radical (unpaired) electrons. The highest BCUT2D eigenvalue weighted by molar-refractivity contribution is 8.18. The number of imide groups is 1. The minimum atomic E-state index is -0.638. The van der Waals surface area contributed by atoms with Crippen LogP contribution in [0.5, 0.6) is 11.5 Å². The molecule has 38 heavy (non-hydrogen) atoms. The maximum Gasteiger partial charge on any atom is 0.294 e. The summed E-state index contributed by atoms with van der Waals surface area (Å²) in [5.74, 6) is -1.13. The fourth-order valence-electron chi connectivity index (χ4n) is 3.54. The maximum atomic E-state index is 13.4. The average molecular weight is 575 g/mol. The van der Waals surface area contributed by atoms with E-state index in [-0.39, 0.29) is 22.2 Å². The zero-order valence-corrected chi connectivity index (χ0v) is 22.3. The van der Waals surface area contributed by atoms with Crippen LogP contribution in [0.4, 0.5) is 14.9 Å². The molecule has 0 spiro atoms. The highest BCUT2D eigenvalue weighted by Gasteiger charge is 2.36. The lowest BCUT2D eigenvalue weighted by atomic mass is 10.1. The molecule has 1 heterocycles. The molecule has 1 fully saturated rings. The van der Waals surface area contributed by atoms with E-state index in [4.69, 9.17) is 32.7 Å². The fourth-order valence-corrected chi connectivity index (χ4v) is 4.84. The number of hydrogen-bond acceptors (Lipinski definition) is 6. The Balaban J connectivity index is 1.50. The van der Waals surface area contributed by atoms with E-state index in [0.717, 1.165) is 16.5 Å². The van der Waals surface area contributed by atoms with Gasteiger partial charge in [-0.2, -0.15) is 0 Å². The maximum absolute atomic E-state index is 13.4. The van der Waals surface area contributed by atoms with Gasteiger partial charge in [-0.15, -0.1) is 0 Å². The molecule has 3 aromatic rings. The Morgan fingerprint density at radius 3 is 2.58 bits per heavy atom. The van der Waals surface area contributed by atoms with E-state index in [0.29, 0.717) is 40.5 Å². The molecule has 3 amide bonds. The molecule has 196 valence electrons. The first-order valence-corrected chi connectivity index (χ1v) is 13.0. The number of benzene rings is 3. The Labute approximate surface area is 232 Å². The van der Waals surface area contributed by atoms with E-state index in [9.17, 15) is 18.8 Å². The molecule has 1 saturated heterocycles. The summed E-state index contributed by atoms with van der Waals surface area (Å²) in [6.07, 6.45) is 1.49. The molecular weight excluding hydrogens is 554 g/mol. The number of carbonyl (C=O) groups is 3. The quantitative estimate of drug-likeness (QED) is 0.283. The summed E-state index contributed by atoms with van der Waals surface area (Å²) in [5, 5.41) is 2.66. The molecule has 0 saturated carbocycles. The molecule has 0 atom stereocenters. The third-order valence-electron chi connectivity index (χ3n) is 5.24. The fraction of sp³-hybridized carbons (Fsp3) is 0.148. The number of amides is 3. The minimum absolute atomic E-state index is 0.108. The molecule has 0 aliphatic carbocycles. The van der Waals surface area contributed by atoms with Gasteiger partial charge in [0.25, 0.3) is 11.1 Å². The standard InChI is InChI=1S/C27H21Cl2FN2O5S/c1-2-36-22-11-16(10-21(29)25(22)37-15-17-6-3-4-9-20(17)28)12-23-26(34)32(27(35)38-23)14-24(33)31-19-8-5-7-18(30)13-19/h3-13H,2,14-15H2,1H3,(H,31,33)/b23-12+. The van der Waals surface area contributed by atoms with Gasteiger partial charge in [-0.05, 0) is 66.7 Å². The average Bonchev–Trinajstić information content (AvgIpc) is 3.12. The van der Waals surface area contributed by atoms with E-state index >= 15 is 0 Å².